The number of carbonyl (C=O) groups is 2. The van der Waals surface area contributed by atoms with Gasteiger partial charge in [0, 0.05) is 16.7 Å². The lowest BCUT2D eigenvalue weighted by atomic mass is 9.44. The molecule has 0 aromatic carbocycles. The van der Waals surface area contributed by atoms with Crippen molar-refractivity contribution < 1.29 is 33.7 Å². The normalized spacial score (nSPS) is 46.5. The molecule has 0 spiro atoms. The number of hydrogen-bond donors (Lipinski definition) is 3. The number of allylic oxidation sites excluding steroid dienone is 4. The molecule has 32 heavy (non-hydrogen) atoms. The van der Waals surface area contributed by atoms with Crippen molar-refractivity contribution in [3.63, 3.8) is 0 Å². The summed E-state index contributed by atoms with van der Waals surface area (Å²) in [4.78, 5) is 23.5. The van der Waals surface area contributed by atoms with Gasteiger partial charge in [0.1, 0.15) is 24.7 Å². The molecule has 3 N–H and O–H groups in total. The summed E-state index contributed by atoms with van der Waals surface area (Å²) >= 11 is 0. The van der Waals surface area contributed by atoms with Crippen molar-refractivity contribution in [3.8, 4) is 0 Å². The molecule has 184 valence electrons. The maximum Gasteiger partial charge on any atom is 0.190 e. The van der Waals surface area contributed by atoms with E-state index < -0.39 is 58.6 Å². The Morgan fingerprint density at radius 2 is 1.84 bits per heavy atom. The van der Waals surface area contributed by atoms with E-state index in [9.17, 15) is 24.9 Å². The van der Waals surface area contributed by atoms with Crippen LogP contribution in [0, 0.1) is 22.7 Å². The van der Waals surface area contributed by atoms with Crippen LogP contribution in [0.2, 0.25) is 0 Å². The highest BCUT2D eigenvalue weighted by molar-refractivity contribution is 5.89. The smallest absolute Gasteiger partial charge is 0.190 e. The lowest BCUT2D eigenvalue weighted by molar-refractivity contribution is -0.221. The van der Waals surface area contributed by atoms with E-state index in [-0.39, 0.29) is 38.7 Å². The summed E-state index contributed by atoms with van der Waals surface area (Å²) < 4.78 is 32.1. The molecule has 0 radical (unpaired) electrons. The van der Waals surface area contributed by atoms with E-state index in [2.05, 4.69) is 0 Å². The van der Waals surface area contributed by atoms with Crippen molar-refractivity contribution in [2.45, 2.75) is 91.3 Å². The molecule has 0 heterocycles. The van der Waals surface area contributed by atoms with Gasteiger partial charge in [-0.25, -0.2) is 8.78 Å². The largest absolute Gasteiger partial charge is 0.390 e. The van der Waals surface area contributed by atoms with Gasteiger partial charge < -0.3 is 15.3 Å². The molecule has 3 saturated carbocycles. The van der Waals surface area contributed by atoms with Crippen LogP contribution in [-0.4, -0.2) is 57.5 Å². The van der Waals surface area contributed by atoms with Gasteiger partial charge in [-0.3, -0.25) is 9.59 Å². The van der Waals surface area contributed by atoms with Crippen LogP contribution in [0.4, 0.5) is 8.78 Å². The van der Waals surface area contributed by atoms with Crippen LogP contribution in [-0.2, 0) is 9.59 Å². The number of rotatable bonds is 4. The van der Waals surface area contributed by atoms with E-state index in [4.69, 9.17) is 0 Å². The number of aliphatic hydroxyl groups excluding tert-OH is 2. The highest BCUT2D eigenvalue weighted by Crippen LogP contribution is 2.69. The van der Waals surface area contributed by atoms with Gasteiger partial charge in [0.25, 0.3) is 0 Å². The number of aldehydes is 1. The summed E-state index contributed by atoms with van der Waals surface area (Å²) in [5.41, 5.74) is -6.90. The van der Waals surface area contributed by atoms with E-state index >= 15 is 8.78 Å². The van der Waals surface area contributed by atoms with Crippen LogP contribution < -0.4 is 0 Å². The molecule has 8 atom stereocenters. The monoisotopic (exact) mass is 458 g/mol. The highest BCUT2D eigenvalue weighted by Gasteiger charge is 2.74. The predicted molar refractivity (Wildman–Crippen MR) is 120 cm³/mol. The van der Waals surface area contributed by atoms with Crippen LogP contribution in [0.5, 0.6) is 0 Å². The third-order valence-electron chi connectivity index (χ3n) is 8.25. The second-order valence-corrected chi connectivity index (χ2v) is 9.26. The summed E-state index contributed by atoms with van der Waals surface area (Å²) in [7, 11) is 0. The SMILES string of the molecule is C.C/C=C\C1(C)/C(=C\C=O)[C@@H](F)CC2C3CCC(O)(C(=O)CO)C3(C)CC(O)[C@@]21F.CC. The number of Topliss-reactive ketones (excluding diaryl/α,β-unsaturated/α-hetero) is 1. The van der Waals surface area contributed by atoms with Gasteiger partial charge in [0.15, 0.2) is 11.5 Å². The minimum atomic E-state index is -2.27. The van der Waals surface area contributed by atoms with E-state index in [0.717, 1.165) is 6.08 Å². The number of halogens is 2. The summed E-state index contributed by atoms with van der Waals surface area (Å²) in [6.07, 6.45) is 1.23. The summed E-state index contributed by atoms with van der Waals surface area (Å²) in [6.45, 7) is 7.93. The fraction of sp³-hybridized carbons (Fsp3) is 0.760. The summed E-state index contributed by atoms with van der Waals surface area (Å²) in [6, 6.07) is 0. The number of alkyl halides is 2. The van der Waals surface area contributed by atoms with Crippen molar-refractivity contribution in [2.75, 3.05) is 6.61 Å². The van der Waals surface area contributed by atoms with E-state index in [1.54, 1.807) is 19.9 Å². The third kappa shape index (κ3) is 3.51. The van der Waals surface area contributed by atoms with Crippen LogP contribution in [0.15, 0.2) is 23.8 Å². The minimum Gasteiger partial charge on any atom is -0.390 e. The lowest BCUT2D eigenvalue weighted by Crippen LogP contribution is -2.70. The fourth-order valence-electron chi connectivity index (χ4n) is 6.79. The maximum atomic E-state index is 16.9. The average molecular weight is 459 g/mol. The number of carbonyl (C=O) groups excluding carboxylic acids is 2. The van der Waals surface area contributed by atoms with Crippen LogP contribution in [0.1, 0.15) is 67.7 Å². The van der Waals surface area contributed by atoms with Gasteiger partial charge in [0.2, 0.25) is 0 Å². The molecule has 0 aromatic heterocycles. The Morgan fingerprint density at radius 3 is 2.34 bits per heavy atom. The Hall–Kier alpha value is -1.44. The molecule has 0 bridgehead atoms. The molecule has 6 unspecified atom stereocenters. The van der Waals surface area contributed by atoms with Gasteiger partial charge in [0.05, 0.1) is 6.10 Å². The molecule has 3 fully saturated rings. The standard InChI is InChI=1S/C22H30F2O5.C2H6.CH4/c1-4-7-19(2)14(6-9-25)16(23)10-15-13-5-8-21(29,18(28)12-26)20(13,3)11-17(27)22(15,19)24;1-2;/h4,6-7,9,13,15-17,26-27,29H,5,8,10-12H2,1-3H3;1-2H3;1H4/b7-4-,14-6-;;/t13?,15?,16-,17?,19?,20?,21?,22-;;/m0../s1. The van der Waals surface area contributed by atoms with Gasteiger partial charge in [-0.15, -0.1) is 0 Å². The molecule has 0 aromatic rings. The number of hydrogen-bond acceptors (Lipinski definition) is 5. The molecule has 3 rings (SSSR count). The second-order valence-electron chi connectivity index (χ2n) is 9.26. The zero-order chi connectivity index (χ0) is 23.8. The topological polar surface area (TPSA) is 94.8 Å². The van der Waals surface area contributed by atoms with Gasteiger partial charge in [-0.1, -0.05) is 40.3 Å². The Labute approximate surface area is 190 Å². The van der Waals surface area contributed by atoms with Gasteiger partial charge in [-0.05, 0) is 57.1 Å². The highest BCUT2D eigenvalue weighted by atomic mass is 19.1. The van der Waals surface area contributed by atoms with Crippen molar-refractivity contribution in [3.05, 3.63) is 23.8 Å². The van der Waals surface area contributed by atoms with Crippen molar-refractivity contribution in [1.82, 2.24) is 0 Å². The van der Waals surface area contributed by atoms with Crippen LogP contribution >= 0.6 is 0 Å². The summed E-state index contributed by atoms with van der Waals surface area (Å²) in [5, 5.41) is 31.5. The lowest BCUT2D eigenvalue weighted by Gasteiger charge is -2.62. The number of aliphatic hydroxyl groups is 3. The Bertz CT molecular complexity index is 767. The van der Waals surface area contributed by atoms with Gasteiger partial charge >= 0.3 is 0 Å². The van der Waals surface area contributed by atoms with Crippen molar-refractivity contribution >= 4 is 12.1 Å². The van der Waals surface area contributed by atoms with E-state index in [1.165, 1.54) is 13.0 Å². The number of fused-ring (bicyclic) bond motifs is 3. The van der Waals surface area contributed by atoms with Crippen LogP contribution in [0.25, 0.3) is 0 Å². The van der Waals surface area contributed by atoms with E-state index in [0.29, 0.717) is 6.29 Å². The molecule has 3 aliphatic rings. The first-order valence-electron chi connectivity index (χ1n) is 11.1. The second kappa shape index (κ2) is 9.82. The molecule has 0 amide bonds. The molecular weight excluding hydrogens is 418 g/mol. The maximum absolute atomic E-state index is 16.9. The van der Waals surface area contributed by atoms with Crippen LogP contribution in [0.3, 0.4) is 0 Å². The first kappa shape index (κ1) is 28.6. The summed E-state index contributed by atoms with van der Waals surface area (Å²) in [5.74, 6) is -2.28. The van der Waals surface area contributed by atoms with Crippen molar-refractivity contribution in [1.29, 1.82) is 0 Å². The molecule has 0 saturated heterocycles. The van der Waals surface area contributed by atoms with Gasteiger partial charge in [-0.2, -0.15) is 0 Å². The molecule has 5 nitrogen and oxygen atoms in total. The molecular formula is C25H40F2O5. The fourth-order valence-corrected chi connectivity index (χ4v) is 6.79. The molecule has 3 aliphatic carbocycles. The average Bonchev–Trinajstić information content (AvgIpc) is 3.00. The predicted octanol–water partition coefficient (Wildman–Crippen LogP) is 3.90. The van der Waals surface area contributed by atoms with Crippen molar-refractivity contribution in [2.24, 2.45) is 22.7 Å². The molecule has 0 aliphatic heterocycles. The third-order valence-corrected chi connectivity index (χ3v) is 8.25. The Morgan fingerprint density at radius 1 is 1.25 bits per heavy atom. The first-order chi connectivity index (χ1) is 14.5. The Balaban J connectivity index is 0.00000166. The molecule has 7 heteroatoms. The zero-order valence-corrected chi connectivity index (χ0v) is 19.1. The first-order valence-corrected chi connectivity index (χ1v) is 11.1. The Kier molecular flexibility index (Phi) is 8.77. The quantitative estimate of drug-likeness (QED) is 0.337. The zero-order valence-electron chi connectivity index (χ0n) is 19.1. The minimum absolute atomic E-state index is 0. The van der Waals surface area contributed by atoms with E-state index in [1.807, 2.05) is 13.8 Å². The number of ketones is 1.